The summed E-state index contributed by atoms with van der Waals surface area (Å²) in [7, 11) is 0. The van der Waals surface area contributed by atoms with Crippen LogP contribution in [0.3, 0.4) is 0 Å². The summed E-state index contributed by atoms with van der Waals surface area (Å²) in [6, 6.07) is 23.0. The Morgan fingerprint density at radius 3 is 2.42 bits per heavy atom. The van der Waals surface area contributed by atoms with Gasteiger partial charge in [0.2, 0.25) is 11.8 Å². The average molecular weight is 522 g/mol. The number of hydrogen-bond acceptors (Lipinski definition) is 6. The van der Waals surface area contributed by atoms with Gasteiger partial charge in [0, 0.05) is 17.1 Å². The maximum absolute atomic E-state index is 13.2. The fourth-order valence-corrected chi connectivity index (χ4v) is 4.73. The molecule has 0 radical (unpaired) electrons. The molecular weight excluding hydrogens is 498 g/mol. The van der Waals surface area contributed by atoms with E-state index in [-0.39, 0.29) is 24.8 Å². The highest BCUT2D eigenvalue weighted by Crippen LogP contribution is 2.31. The van der Waals surface area contributed by atoms with Crippen LogP contribution in [0.4, 0.5) is 11.4 Å². The van der Waals surface area contributed by atoms with E-state index in [9.17, 15) is 14.4 Å². The molecule has 4 rings (SSSR count). The lowest BCUT2D eigenvalue weighted by atomic mass is 10.2. The van der Waals surface area contributed by atoms with Gasteiger partial charge in [-0.05, 0) is 61.0 Å². The van der Waals surface area contributed by atoms with Crippen molar-refractivity contribution in [2.75, 3.05) is 11.9 Å². The van der Waals surface area contributed by atoms with Crippen LogP contribution in [-0.4, -0.2) is 39.7 Å². The van der Waals surface area contributed by atoms with Crippen LogP contribution in [-0.2, 0) is 20.9 Å². The van der Waals surface area contributed by atoms with E-state index in [0.717, 1.165) is 5.56 Å². The molecule has 1 saturated heterocycles. The number of rotatable bonds is 7. The Labute approximate surface area is 218 Å². The standard InChI is InChI=1S/C27H24ClN3O4S/c1-2-35-26(34)19-10-14-22(15-11-19)29-25(33)23-16-24(32)31(17-18-8-12-20(28)13-9-18)27(36-23)30-21-6-4-3-5-7-21/h3-15,23H,2,16-17H2,1H3,(H,29,33)/t23-/m0/s1. The molecule has 36 heavy (non-hydrogen) atoms. The molecule has 0 spiro atoms. The lowest BCUT2D eigenvalue weighted by Gasteiger charge is -2.32. The number of benzene rings is 3. The molecule has 1 atom stereocenters. The van der Waals surface area contributed by atoms with Gasteiger partial charge >= 0.3 is 5.97 Å². The van der Waals surface area contributed by atoms with Crippen molar-refractivity contribution in [2.24, 2.45) is 4.99 Å². The third-order valence-corrected chi connectivity index (χ3v) is 6.77. The number of hydrogen-bond donors (Lipinski definition) is 1. The number of aliphatic imine (C=N–C) groups is 1. The van der Waals surface area contributed by atoms with Gasteiger partial charge in [-0.15, -0.1) is 0 Å². The second-order valence-electron chi connectivity index (χ2n) is 7.93. The second-order valence-corrected chi connectivity index (χ2v) is 9.54. The fraction of sp³-hybridized carbons (Fsp3) is 0.185. The first kappa shape index (κ1) is 25.5. The fourth-order valence-electron chi connectivity index (χ4n) is 3.51. The Kier molecular flexibility index (Phi) is 8.40. The van der Waals surface area contributed by atoms with Gasteiger partial charge in [0.1, 0.15) is 5.25 Å². The van der Waals surface area contributed by atoms with E-state index in [0.29, 0.717) is 33.7 Å². The third-order valence-electron chi connectivity index (χ3n) is 5.33. The second kappa shape index (κ2) is 11.9. The van der Waals surface area contributed by atoms with Gasteiger partial charge in [-0.1, -0.05) is 53.7 Å². The maximum Gasteiger partial charge on any atom is 0.338 e. The predicted octanol–water partition coefficient (Wildman–Crippen LogP) is 5.68. The summed E-state index contributed by atoms with van der Waals surface area (Å²) in [6.07, 6.45) is 0.0266. The molecule has 0 unspecified atom stereocenters. The predicted molar refractivity (Wildman–Crippen MR) is 143 cm³/mol. The summed E-state index contributed by atoms with van der Waals surface area (Å²) < 4.78 is 4.98. The van der Waals surface area contributed by atoms with Gasteiger partial charge in [-0.2, -0.15) is 0 Å². The van der Waals surface area contributed by atoms with Crippen LogP contribution in [0.2, 0.25) is 5.02 Å². The van der Waals surface area contributed by atoms with Crippen LogP contribution in [0.25, 0.3) is 0 Å². The number of nitrogens with zero attached hydrogens (tertiary/aromatic N) is 2. The number of anilines is 1. The van der Waals surface area contributed by atoms with Crippen molar-refractivity contribution in [3.8, 4) is 0 Å². The molecule has 0 aliphatic carbocycles. The lowest BCUT2D eigenvalue weighted by molar-refractivity contribution is -0.129. The highest BCUT2D eigenvalue weighted by Gasteiger charge is 2.36. The Morgan fingerprint density at radius 2 is 1.75 bits per heavy atom. The number of ether oxygens (including phenoxy) is 1. The van der Waals surface area contributed by atoms with Gasteiger partial charge in [0.15, 0.2) is 5.17 Å². The van der Waals surface area contributed by atoms with Crippen molar-refractivity contribution >= 4 is 57.7 Å². The summed E-state index contributed by atoms with van der Waals surface area (Å²) in [5.41, 5.74) is 2.50. The minimum absolute atomic E-state index is 0.0266. The van der Waals surface area contributed by atoms with Gasteiger partial charge in [-0.25, -0.2) is 9.79 Å². The van der Waals surface area contributed by atoms with Crippen molar-refractivity contribution < 1.29 is 19.1 Å². The van der Waals surface area contributed by atoms with Gasteiger partial charge < -0.3 is 10.1 Å². The number of halogens is 1. The SMILES string of the molecule is CCOC(=O)c1ccc(NC(=O)[C@@H]2CC(=O)N(Cc3ccc(Cl)cc3)C(=Nc3ccccc3)S2)cc1. The Morgan fingerprint density at radius 1 is 1.06 bits per heavy atom. The van der Waals surface area contributed by atoms with Crippen LogP contribution < -0.4 is 5.32 Å². The highest BCUT2D eigenvalue weighted by molar-refractivity contribution is 8.15. The summed E-state index contributed by atoms with van der Waals surface area (Å²) >= 11 is 7.25. The number of para-hydroxylation sites is 1. The van der Waals surface area contributed by atoms with Crippen molar-refractivity contribution in [3.63, 3.8) is 0 Å². The number of nitrogens with one attached hydrogen (secondary N) is 1. The zero-order valence-electron chi connectivity index (χ0n) is 19.5. The smallest absolute Gasteiger partial charge is 0.338 e. The molecule has 184 valence electrons. The number of carbonyl (C=O) groups excluding carboxylic acids is 3. The molecule has 3 aromatic carbocycles. The third kappa shape index (κ3) is 6.53. The number of thioether (sulfide) groups is 1. The minimum atomic E-state index is -0.661. The highest BCUT2D eigenvalue weighted by atomic mass is 35.5. The molecule has 0 aromatic heterocycles. The molecule has 7 nitrogen and oxygen atoms in total. The van der Waals surface area contributed by atoms with Crippen molar-refractivity contribution in [3.05, 3.63) is 95.0 Å². The van der Waals surface area contributed by atoms with E-state index in [1.807, 2.05) is 42.5 Å². The zero-order valence-corrected chi connectivity index (χ0v) is 21.1. The molecule has 2 amide bonds. The van der Waals surface area contributed by atoms with Gasteiger partial charge in [0.25, 0.3) is 0 Å². The largest absolute Gasteiger partial charge is 0.462 e. The molecule has 3 aromatic rings. The monoisotopic (exact) mass is 521 g/mol. The van der Waals surface area contributed by atoms with Crippen molar-refractivity contribution in [2.45, 2.75) is 25.1 Å². The number of amidine groups is 1. The molecule has 9 heteroatoms. The molecule has 0 saturated carbocycles. The van der Waals surface area contributed by atoms with Crippen LogP contribution in [0.1, 0.15) is 29.3 Å². The first-order valence-electron chi connectivity index (χ1n) is 11.4. The number of amides is 2. The molecular formula is C27H24ClN3O4S. The van der Waals surface area contributed by atoms with Crippen LogP contribution in [0.15, 0.2) is 83.9 Å². The minimum Gasteiger partial charge on any atom is -0.462 e. The topological polar surface area (TPSA) is 88.1 Å². The van der Waals surface area contributed by atoms with Crippen LogP contribution >= 0.6 is 23.4 Å². The summed E-state index contributed by atoms with van der Waals surface area (Å²) in [4.78, 5) is 44.4. The van der Waals surface area contributed by atoms with E-state index in [2.05, 4.69) is 10.3 Å². The van der Waals surface area contributed by atoms with E-state index >= 15 is 0 Å². The first-order valence-corrected chi connectivity index (χ1v) is 12.6. The van der Waals surface area contributed by atoms with Crippen molar-refractivity contribution in [1.82, 2.24) is 4.90 Å². The van der Waals surface area contributed by atoms with Crippen LogP contribution in [0, 0.1) is 0 Å². The summed E-state index contributed by atoms with van der Waals surface area (Å²) in [5, 5.41) is 3.24. The van der Waals surface area contributed by atoms with Crippen molar-refractivity contribution in [1.29, 1.82) is 0 Å². The average Bonchev–Trinajstić information content (AvgIpc) is 2.88. The maximum atomic E-state index is 13.2. The zero-order chi connectivity index (χ0) is 25.5. The number of carbonyl (C=O) groups is 3. The van der Waals surface area contributed by atoms with E-state index < -0.39 is 11.2 Å². The number of esters is 1. The Bertz CT molecular complexity index is 1260. The molecule has 1 fully saturated rings. The Balaban J connectivity index is 1.52. The van der Waals surface area contributed by atoms with Gasteiger partial charge in [0.05, 0.1) is 24.4 Å². The summed E-state index contributed by atoms with van der Waals surface area (Å²) in [5.74, 6) is -0.938. The first-order chi connectivity index (χ1) is 17.4. The van der Waals surface area contributed by atoms with Crippen LogP contribution in [0.5, 0.6) is 0 Å². The quantitative estimate of drug-likeness (QED) is 0.404. The van der Waals surface area contributed by atoms with E-state index in [1.54, 1.807) is 48.2 Å². The Hall–Kier alpha value is -3.62. The lowest BCUT2D eigenvalue weighted by Crippen LogP contribution is -2.44. The normalized spacial score (nSPS) is 16.6. The molecule has 1 aliphatic rings. The van der Waals surface area contributed by atoms with Gasteiger partial charge in [-0.3, -0.25) is 14.5 Å². The molecule has 1 N–H and O–H groups in total. The molecule has 1 heterocycles. The van der Waals surface area contributed by atoms with E-state index in [4.69, 9.17) is 16.3 Å². The molecule has 0 bridgehead atoms. The van der Waals surface area contributed by atoms with E-state index in [1.165, 1.54) is 11.8 Å². The molecule has 1 aliphatic heterocycles. The summed E-state index contributed by atoms with van der Waals surface area (Å²) in [6.45, 7) is 2.34.